The van der Waals surface area contributed by atoms with Crippen LogP contribution in [0.5, 0.6) is 5.75 Å². The van der Waals surface area contributed by atoms with E-state index in [4.69, 9.17) is 4.74 Å². The van der Waals surface area contributed by atoms with E-state index in [1.54, 1.807) is 31.4 Å². The van der Waals surface area contributed by atoms with Crippen molar-refractivity contribution in [3.63, 3.8) is 0 Å². The summed E-state index contributed by atoms with van der Waals surface area (Å²) >= 11 is 0. The van der Waals surface area contributed by atoms with Crippen LogP contribution in [0.2, 0.25) is 0 Å². The summed E-state index contributed by atoms with van der Waals surface area (Å²) < 4.78 is 5.14. The van der Waals surface area contributed by atoms with Crippen LogP contribution in [0.25, 0.3) is 0 Å². The number of Topliss-reactive ketones (excluding diaryl/α,β-unsaturated/α-hetero) is 2. The largest absolute Gasteiger partial charge is 0.497 e. The second kappa shape index (κ2) is 8.20. The van der Waals surface area contributed by atoms with E-state index in [9.17, 15) is 9.59 Å². The van der Waals surface area contributed by atoms with Gasteiger partial charge in [0.1, 0.15) is 11.5 Å². The average molecular weight is 357 g/mol. The predicted octanol–water partition coefficient (Wildman–Crippen LogP) is 5.35. The molecule has 142 valence electrons. The van der Waals surface area contributed by atoms with Crippen LogP contribution in [0.15, 0.2) is 36.4 Å². The molecule has 0 N–H and O–H groups in total. The van der Waals surface area contributed by atoms with Crippen LogP contribution >= 0.6 is 0 Å². The van der Waals surface area contributed by atoms with Crippen LogP contribution in [0.4, 0.5) is 0 Å². The van der Waals surface area contributed by atoms with Crippen molar-refractivity contribution >= 4 is 11.6 Å². The van der Waals surface area contributed by atoms with Gasteiger partial charge in [-0.3, -0.25) is 9.59 Å². The third kappa shape index (κ3) is 4.44. The topological polar surface area (TPSA) is 43.4 Å². The number of carbonyl (C=O) groups is 2. The van der Waals surface area contributed by atoms with Crippen molar-refractivity contribution in [2.24, 2.45) is 29.1 Å². The fourth-order valence-corrected chi connectivity index (χ4v) is 4.16. The van der Waals surface area contributed by atoms with Gasteiger partial charge in [-0.15, -0.1) is 0 Å². The molecule has 2 rings (SSSR count). The van der Waals surface area contributed by atoms with E-state index in [2.05, 4.69) is 32.9 Å². The molecular weight excluding hydrogens is 324 g/mol. The van der Waals surface area contributed by atoms with Gasteiger partial charge in [-0.1, -0.05) is 46.8 Å². The molecule has 0 saturated carbocycles. The number of hydrogen-bond acceptors (Lipinski definition) is 3. The van der Waals surface area contributed by atoms with E-state index < -0.39 is 0 Å². The third-order valence-corrected chi connectivity index (χ3v) is 5.96. The molecule has 26 heavy (non-hydrogen) atoms. The lowest BCUT2D eigenvalue weighted by molar-refractivity contribution is -0.129. The quantitative estimate of drug-likeness (QED) is 0.489. The van der Waals surface area contributed by atoms with Crippen LogP contribution in [0.3, 0.4) is 0 Å². The standard InChI is InChI=1S/C23H32O3/c1-15-8-7-13-23(4,5)21(15)20(24)14-16(2)17(3)22(25)18-9-11-19(26-6)12-10-18/h7-12,15-17,21H,13-14H2,1-6H3. The lowest BCUT2D eigenvalue weighted by atomic mass is 9.64. The zero-order valence-electron chi connectivity index (χ0n) is 16.9. The smallest absolute Gasteiger partial charge is 0.165 e. The predicted molar refractivity (Wildman–Crippen MR) is 105 cm³/mol. The summed E-state index contributed by atoms with van der Waals surface area (Å²) in [5, 5.41) is 0. The van der Waals surface area contributed by atoms with Crippen LogP contribution in [-0.4, -0.2) is 18.7 Å². The highest BCUT2D eigenvalue weighted by molar-refractivity contribution is 5.98. The van der Waals surface area contributed by atoms with E-state index in [-0.39, 0.29) is 40.7 Å². The zero-order valence-corrected chi connectivity index (χ0v) is 16.9. The van der Waals surface area contributed by atoms with Gasteiger partial charge in [0.25, 0.3) is 0 Å². The highest BCUT2D eigenvalue weighted by atomic mass is 16.5. The van der Waals surface area contributed by atoms with Crippen molar-refractivity contribution < 1.29 is 14.3 Å². The molecule has 1 aromatic carbocycles. The molecule has 0 saturated heterocycles. The minimum Gasteiger partial charge on any atom is -0.497 e. The Kier molecular flexibility index (Phi) is 6.44. The van der Waals surface area contributed by atoms with Crippen LogP contribution in [0.1, 0.15) is 57.8 Å². The fraction of sp³-hybridized carbons (Fsp3) is 0.565. The number of hydrogen-bond donors (Lipinski definition) is 0. The molecular formula is C23H32O3. The molecule has 4 atom stereocenters. The van der Waals surface area contributed by atoms with E-state index in [0.717, 1.165) is 12.2 Å². The number of ether oxygens (including phenoxy) is 1. The normalized spacial score (nSPS) is 23.9. The molecule has 0 amide bonds. The van der Waals surface area contributed by atoms with Crippen molar-refractivity contribution in [1.82, 2.24) is 0 Å². The van der Waals surface area contributed by atoms with E-state index in [1.807, 2.05) is 13.8 Å². The lowest BCUT2D eigenvalue weighted by Crippen LogP contribution is -2.38. The maximum atomic E-state index is 13.0. The molecule has 0 spiro atoms. The molecule has 1 aromatic rings. The van der Waals surface area contributed by atoms with Gasteiger partial charge in [0.05, 0.1) is 7.11 Å². The molecule has 0 fully saturated rings. The molecule has 3 heteroatoms. The summed E-state index contributed by atoms with van der Waals surface area (Å²) in [5.41, 5.74) is 0.653. The molecule has 4 unspecified atom stereocenters. The summed E-state index contributed by atoms with van der Waals surface area (Å²) in [6, 6.07) is 7.19. The fourth-order valence-electron chi connectivity index (χ4n) is 4.16. The summed E-state index contributed by atoms with van der Waals surface area (Å²) in [6.45, 7) is 10.4. The first-order valence-electron chi connectivity index (χ1n) is 9.55. The van der Waals surface area contributed by atoms with Gasteiger partial charge in [-0.05, 0) is 47.9 Å². The molecule has 3 nitrogen and oxygen atoms in total. The number of benzene rings is 1. The Balaban J connectivity index is 2.05. The number of allylic oxidation sites excluding steroid dienone is 2. The first-order valence-corrected chi connectivity index (χ1v) is 9.55. The van der Waals surface area contributed by atoms with Crippen molar-refractivity contribution in [3.05, 3.63) is 42.0 Å². The summed E-state index contributed by atoms with van der Waals surface area (Å²) in [5.74, 6) is 1.22. The maximum absolute atomic E-state index is 13.0. The number of methoxy groups -OCH3 is 1. The Labute approximate surface area is 157 Å². The van der Waals surface area contributed by atoms with Gasteiger partial charge in [0.2, 0.25) is 0 Å². The molecule has 0 radical (unpaired) electrons. The van der Waals surface area contributed by atoms with Gasteiger partial charge in [0.15, 0.2) is 5.78 Å². The Bertz CT molecular complexity index is 669. The zero-order chi connectivity index (χ0) is 19.5. The van der Waals surface area contributed by atoms with Crippen molar-refractivity contribution in [3.8, 4) is 5.75 Å². The van der Waals surface area contributed by atoms with E-state index in [0.29, 0.717) is 12.0 Å². The maximum Gasteiger partial charge on any atom is 0.165 e. The highest BCUT2D eigenvalue weighted by Gasteiger charge is 2.40. The Morgan fingerprint density at radius 3 is 2.35 bits per heavy atom. The van der Waals surface area contributed by atoms with Crippen LogP contribution in [-0.2, 0) is 4.79 Å². The minimum absolute atomic E-state index is 0.0195. The van der Waals surface area contributed by atoms with Gasteiger partial charge in [-0.25, -0.2) is 0 Å². The first-order chi connectivity index (χ1) is 12.2. The van der Waals surface area contributed by atoms with Crippen molar-refractivity contribution in [1.29, 1.82) is 0 Å². The number of ketones is 2. The molecule has 1 aliphatic carbocycles. The number of rotatable bonds is 7. The summed E-state index contributed by atoms with van der Waals surface area (Å²) in [4.78, 5) is 25.8. The van der Waals surface area contributed by atoms with Gasteiger partial charge in [0, 0.05) is 23.8 Å². The first kappa shape index (κ1) is 20.4. The Hall–Kier alpha value is -1.90. The van der Waals surface area contributed by atoms with Crippen molar-refractivity contribution in [2.45, 2.75) is 47.5 Å². The van der Waals surface area contributed by atoms with E-state index in [1.165, 1.54) is 0 Å². The minimum atomic E-state index is -0.190. The second-order valence-corrected chi connectivity index (χ2v) is 8.49. The average Bonchev–Trinajstić information content (AvgIpc) is 2.59. The van der Waals surface area contributed by atoms with Crippen LogP contribution in [0, 0.1) is 29.1 Å². The molecule has 0 aliphatic heterocycles. The summed E-state index contributed by atoms with van der Waals surface area (Å²) in [7, 11) is 1.61. The van der Waals surface area contributed by atoms with E-state index >= 15 is 0 Å². The molecule has 0 heterocycles. The molecule has 0 aromatic heterocycles. The van der Waals surface area contributed by atoms with Gasteiger partial charge in [-0.2, -0.15) is 0 Å². The monoisotopic (exact) mass is 356 g/mol. The van der Waals surface area contributed by atoms with Crippen LogP contribution < -0.4 is 4.74 Å². The SMILES string of the molecule is COc1ccc(C(=O)C(C)C(C)CC(=O)C2C(C)C=CCC2(C)C)cc1. The van der Waals surface area contributed by atoms with Gasteiger partial charge >= 0.3 is 0 Å². The second-order valence-electron chi connectivity index (χ2n) is 8.49. The lowest BCUT2D eigenvalue weighted by Gasteiger charge is -2.39. The highest BCUT2D eigenvalue weighted by Crippen LogP contribution is 2.42. The molecule has 0 bridgehead atoms. The van der Waals surface area contributed by atoms with Crippen molar-refractivity contribution in [2.75, 3.05) is 7.11 Å². The molecule has 1 aliphatic rings. The summed E-state index contributed by atoms with van der Waals surface area (Å²) in [6.07, 6.45) is 5.73. The Morgan fingerprint density at radius 2 is 1.81 bits per heavy atom. The Morgan fingerprint density at radius 1 is 1.19 bits per heavy atom. The van der Waals surface area contributed by atoms with Gasteiger partial charge < -0.3 is 4.74 Å². The number of carbonyl (C=O) groups excluding carboxylic acids is 2. The third-order valence-electron chi connectivity index (χ3n) is 5.96.